The van der Waals surface area contributed by atoms with Gasteiger partial charge in [-0.3, -0.25) is 0 Å². The molecule has 3 heteroatoms. The number of nitrogens with zero attached hydrogens (tertiary/aromatic N) is 1. The molecule has 3 unspecified atom stereocenters. The van der Waals surface area contributed by atoms with E-state index in [0.29, 0.717) is 0 Å². The van der Waals surface area contributed by atoms with Gasteiger partial charge < -0.3 is 4.90 Å². The minimum absolute atomic E-state index is 0. The third kappa shape index (κ3) is 2.02. The van der Waals surface area contributed by atoms with Crippen molar-refractivity contribution in [2.45, 2.75) is 31.9 Å². The van der Waals surface area contributed by atoms with Crippen LogP contribution >= 0.6 is 24.2 Å². The number of thioether (sulfide) groups is 1. The van der Waals surface area contributed by atoms with Gasteiger partial charge in [0.15, 0.2) is 0 Å². The summed E-state index contributed by atoms with van der Waals surface area (Å²) in [5.74, 6) is 6.07. The van der Waals surface area contributed by atoms with Gasteiger partial charge in [-0.25, -0.2) is 0 Å². The molecule has 4 aliphatic rings. The second-order valence-corrected chi connectivity index (χ2v) is 6.78. The maximum Gasteiger partial charge on any atom is 0.0110 e. The summed E-state index contributed by atoms with van der Waals surface area (Å²) < 4.78 is 0. The Labute approximate surface area is 110 Å². The van der Waals surface area contributed by atoms with Crippen LogP contribution in [0.2, 0.25) is 0 Å². The van der Waals surface area contributed by atoms with Crippen LogP contribution in [0.15, 0.2) is 0 Å². The van der Waals surface area contributed by atoms with E-state index in [1.807, 2.05) is 0 Å². The zero-order chi connectivity index (χ0) is 10.4. The molecular formula is C13H24ClNS. The number of hydrogen-bond donors (Lipinski definition) is 0. The number of halogens is 1. The SMILES string of the molecule is CCN(CC)CCSC1C2CC3C(C2)C31.Cl. The summed E-state index contributed by atoms with van der Waals surface area (Å²) in [5.41, 5.74) is 0. The Bertz CT molecular complexity index is 230. The van der Waals surface area contributed by atoms with Gasteiger partial charge in [0.05, 0.1) is 0 Å². The van der Waals surface area contributed by atoms with Gasteiger partial charge in [-0.2, -0.15) is 11.8 Å². The first-order valence-corrected chi connectivity index (χ1v) is 7.74. The van der Waals surface area contributed by atoms with E-state index in [0.717, 1.165) is 11.2 Å². The largest absolute Gasteiger partial charge is 0.303 e. The van der Waals surface area contributed by atoms with E-state index in [9.17, 15) is 0 Å². The highest BCUT2D eigenvalue weighted by Crippen LogP contribution is 2.73. The molecule has 94 valence electrons. The fourth-order valence-electron chi connectivity index (χ4n) is 4.11. The lowest BCUT2D eigenvalue weighted by atomic mass is 10.1. The Hall–Kier alpha value is 0.600. The van der Waals surface area contributed by atoms with Crippen LogP contribution in [0, 0.1) is 23.7 Å². The van der Waals surface area contributed by atoms with Crippen LogP contribution in [0.3, 0.4) is 0 Å². The van der Waals surface area contributed by atoms with Crippen molar-refractivity contribution in [1.82, 2.24) is 4.90 Å². The summed E-state index contributed by atoms with van der Waals surface area (Å²) in [5, 5.41) is 1.08. The smallest absolute Gasteiger partial charge is 0.0110 e. The summed E-state index contributed by atoms with van der Waals surface area (Å²) in [7, 11) is 0. The van der Waals surface area contributed by atoms with Crippen LogP contribution in [-0.2, 0) is 0 Å². The molecule has 1 nitrogen and oxygen atoms in total. The highest BCUT2D eigenvalue weighted by atomic mass is 35.5. The quantitative estimate of drug-likeness (QED) is 0.723. The van der Waals surface area contributed by atoms with Crippen LogP contribution < -0.4 is 0 Å². The van der Waals surface area contributed by atoms with E-state index in [1.165, 1.54) is 43.1 Å². The molecule has 16 heavy (non-hydrogen) atoms. The molecule has 0 spiro atoms. The molecule has 0 heterocycles. The van der Waals surface area contributed by atoms with Crippen molar-refractivity contribution >= 4 is 24.2 Å². The fourth-order valence-corrected chi connectivity index (χ4v) is 5.86. The van der Waals surface area contributed by atoms with E-state index in [2.05, 4.69) is 30.5 Å². The molecule has 4 aliphatic carbocycles. The molecule has 0 amide bonds. The Morgan fingerprint density at radius 2 is 1.75 bits per heavy atom. The lowest BCUT2D eigenvalue weighted by Crippen LogP contribution is -2.26. The standard InChI is InChI=1S/C13H23NS.ClH/c1-3-14(4-2)5-6-15-13-9-7-10-11(8-9)12(10)13;/h9-13H,3-8H2,1-2H3;1H. The number of rotatable bonds is 6. The second kappa shape index (κ2) is 5.07. The summed E-state index contributed by atoms with van der Waals surface area (Å²) in [6.07, 6.45) is 3.19. The highest BCUT2D eigenvalue weighted by Gasteiger charge is 2.68. The van der Waals surface area contributed by atoms with Gasteiger partial charge in [-0.1, -0.05) is 13.8 Å². The second-order valence-electron chi connectivity index (χ2n) is 5.50. The van der Waals surface area contributed by atoms with Crippen molar-refractivity contribution in [3.8, 4) is 0 Å². The van der Waals surface area contributed by atoms with Gasteiger partial charge in [-0.15, -0.1) is 12.4 Å². The third-order valence-electron chi connectivity index (χ3n) is 5.00. The molecule has 0 N–H and O–H groups in total. The monoisotopic (exact) mass is 261 g/mol. The maximum atomic E-state index is 2.55. The van der Waals surface area contributed by atoms with Crippen LogP contribution in [0.5, 0.6) is 0 Å². The third-order valence-corrected chi connectivity index (χ3v) is 6.51. The molecule has 0 saturated heterocycles. The van der Waals surface area contributed by atoms with E-state index >= 15 is 0 Å². The molecular weight excluding hydrogens is 238 g/mol. The summed E-state index contributed by atoms with van der Waals surface area (Å²) in [4.78, 5) is 2.55. The lowest BCUT2D eigenvalue weighted by Gasteiger charge is -2.20. The van der Waals surface area contributed by atoms with Crippen molar-refractivity contribution in [2.75, 3.05) is 25.4 Å². The van der Waals surface area contributed by atoms with Crippen molar-refractivity contribution in [2.24, 2.45) is 23.7 Å². The van der Waals surface area contributed by atoms with Gasteiger partial charge in [0.2, 0.25) is 0 Å². The fraction of sp³-hybridized carbons (Fsp3) is 1.00. The first kappa shape index (κ1) is 13.0. The molecule has 0 aliphatic heterocycles. The predicted octanol–water partition coefficient (Wildman–Crippen LogP) is 3.14. The Morgan fingerprint density at radius 1 is 1.12 bits per heavy atom. The molecule has 0 radical (unpaired) electrons. The summed E-state index contributed by atoms with van der Waals surface area (Å²) in [6, 6.07) is 0. The van der Waals surface area contributed by atoms with E-state index < -0.39 is 0 Å². The zero-order valence-corrected chi connectivity index (χ0v) is 12.0. The van der Waals surface area contributed by atoms with Gasteiger partial charge in [-0.05, 0) is 49.6 Å². The van der Waals surface area contributed by atoms with Crippen LogP contribution in [0.25, 0.3) is 0 Å². The van der Waals surface area contributed by atoms with Crippen LogP contribution in [0.1, 0.15) is 26.7 Å². The molecule has 4 saturated carbocycles. The molecule has 0 aromatic carbocycles. The average Bonchev–Trinajstić information content (AvgIpc) is 2.66. The maximum absolute atomic E-state index is 2.55. The van der Waals surface area contributed by atoms with Crippen molar-refractivity contribution < 1.29 is 0 Å². The van der Waals surface area contributed by atoms with Crippen molar-refractivity contribution in [3.05, 3.63) is 0 Å². The molecule has 3 atom stereocenters. The predicted molar refractivity (Wildman–Crippen MR) is 74.5 cm³/mol. The highest BCUT2D eigenvalue weighted by molar-refractivity contribution is 8.00. The molecule has 4 fully saturated rings. The summed E-state index contributed by atoms with van der Waals surface area (Å²) in [6.45, 7) is 8.30. The number of hydrogen-bond acceptors (Lipinski definition) is 2. The topological polar surface area (TPSA) is 3.24 Å². The average molecular weight is 262 g/mol. The first-order valence-electron chi connectivity index (χ1n) is 6.69. The van der Waals surface area contributed by atoms with E-state index in [-0.39, 0.29) is 12.4 Å². The molecule has 4 bridgehead atoms. The minimum atomic E-state index is 0. The van der Waals surface area contributed by atoms with Crippen LogP contribution in [0.4, 0.5) is 0 Å². The molecule has 0 aromatic rings. The lowest BCUT2D eigenvalue weighted by molar-refractivity contribution is 0.323. The van der Waals surface area contributed by atoms with Crippen molar-refractivity contribution in [1.29, 1.82) is 0 Å². The molecule has 0 aromatic heterocycles. The Kier molecular flexibility index (Phi) is 4.14. The van der Waals surface area contributed by atoms with E-state index in [4.69, 9.17) is 0 Å². The van der Waals surface area contributed by atoms with E-state index in [1.54, 1.807) is 12.8 Å². The van der Waals surface area contributed by atoms with Crippen molar-refractivity contribution in [3.63, 3.8) is 0 Å². The zero-order valence-electron chi connectivity index (χ0n) is 10.4. The van der Waals surface area contributed by atoms with Gasteiger partial charge in [0, 0.05) is 17.5 Å². The molecule has 4 rings (SSSR count). The Morgan fingerprint density at radius 3 is 2.19 bits per heavy atom. The first-order chi connectivity index (χ1) is 7.35. The normalized spacial score (nSPS) is 42.6. The van der Waals surface area contributed by atoms with Gasteiger partial charge in [0.1, 0.15) is 0 Å². The van der Waals surface area contributed by atoms with Crippen LogP contribution in [-0.4, -0.2) is 35.5 Å². The van der Waals surface area contributed by atoms with Gasteiger partial charge in [0.25, 0.3) is 0 Å². The Balaban J connectivity index is 0.000000963. The summed E-state index contributed by atoms with van der Waals surface area (Å²) >= 11 is 2.30. The van der Waals surface area contributed by atoms with Gasteiger partial charge >= 0.3 is 0 Å². The minimum Gasteiger partial charge on any atom is -0.303 e.